The number of aromatic nitrogens is 2. The van der Waals surface area contributed by atoms with E-state index in [1.807, 2.05) is 19.1 Å². The summed E-state index contributed by atoms with van der Waals surface area (Å²) < 4.78 is 11.9. The van der Waals surface area contributed by atoms with E-state index in [1.54, 1.807) is 51.6 Å². The number of nitrogens with zero attached hydrogens (tertiary/aromatic N) is 2. The van der Waals surface area contributed by atoms with Crippen molar-refractivity contribution in [2.24, 2.45) is 7.05 Å². The Labute approximate surface area is 162 Å². The van der Waals surface area contributed by atoms with Crippen LogP contribution in [0.1, 0.15) is 24.2 Å². The smallest absolute Gasteiger partial charge is 0.274 e. The molecule has 0 aliphatic rings. The van der Waals surface area contributed by atoms with Crippen LogP contribution in [0.25, 0.3) is 10.8 Å². The van der Waals surface area contributed by atoms with Gasteiger partial charge in [0.15, 0.2) is 0 Å². The molecule has 28 heavy (non-hydrogen) atoms. The van der Waals surface area contributed by atoms with E-state index in [9.17, 15) is 9.59 Å². The first-order valence-electron chi connectivity index (χ1n) is 8.90. The highest BCUT2D eigenvalue weighted by Crippen LogP contribution is 2.29. The van der Waals surface area contributed by atoms with Crippen molar-refractivity contribution in [3.63, 3.8) is 0 Å². The van der Waals surface area contributed by atoms with Crippen LogP contribution in [0.4, 0.5) is 0 Å². The minimum atomic E-state index is -0.295. The summed E-state index contributed by atoms with van der Waals surface area (Å²) in [6.45, 7) is 1.88. The molecular weight excluding hydrogens is 358 g/mol. The molecule has 1 atom stereocenters. The van der Waals surface area contributed by atoms with E-state index in [1.165, 1.54) is 4.68 Å². The third-order valence-electron chi connectivity index (χ3n) is 4.64. The van der Waals surface area contributed by atoms with Gasteiger partial charge in [0.2, 0.25) is 5.91 Å². The lowest BCUT2D eigenvalue weighted by molar-refractivity contribution is -0.121. The van der Waals surface area contributed by atoms with E-state index < -0.39 is 0 Å². The first kappa shape index (κ1) is 19.4. The van der Waals surface area contributed by atoms with Gasteiger partial charge in [-0.25, -0.2) is 4.68 Å². The van der Waals surface area contributed by atoms with Crippen LogP contribution in [0.15, 0.2) is 47.3 Å². The van der Waals surface area contributed by atoms with Crippen LogP contribution in [0, 0.1) is 0 Å². The van der Waals surface area contributed by atoms with Gasteiger partial charge in [0.25, 0.3) is 5.56 Å². The maximum Gasteiger partial charge on any atom is 0.274 e. The number of fused-ring (bicyclic) bond motifs is 1. The molecule has 0 unspecified atom stereocenters. The van der Waals surface area contributed by atoms with Gasteiger partial charge in [0.1, 0.15) is 11.5 Å². The van der Waals surface area contributed by atoms with Crippen LogP contribution in [0.2, 0.25) is 0 Å². The first-order valence-corrected chi connectivity index (χ1v) is 8.90. The predicted molar refractivity (Wildman–Crippen MR) is 107 cm³/mol. The van der Waals surface area contributed by atoms with Gasteiger partial charge in [-0.3, -0.25) is 9.59 Å². The topological polar surface area (TPSA) is 82.4 Å². The van der Waals surface area contributed by atoms with Crippen LogP contribution in [0.3, 0.4) is 0 Å². The number of aryl methyl sites for hydroxylation is 1. The fraction of sp³-hybridized carbons (Fsp3) is 0.286. The molecule has 146 valence electrons. The summed E-state index contributed by atoms with van der Waals surface area (Å²) in [6.07, 6.45) is 0.0608. The van der Waals surface area contributed by atoms with Crippen LogP contribution in [-0.2, 0) is 18.3 Å². The Morgan fingerprint density at radius 1 is 1.14 bits per heavy atom. The minimum Gasteiger partial charge on any atom is -0.497 e. The summed E-state index contributed by atoms with van der Waals surface area (Å²) in [4.78, 5) is 24.9. The Kier molecular flexibility index (Phi) is 5.63. The predicted octanol–water partition coefficient (Wildman–Crippen LogP) is 2.37. The van der Waals surface area contributed by atoms with E-state index in [0.717, 1.165) is 5.56 Å². The summed E-state index contributed by atoms with van der Waals surface area (Å²) in [5.41, 5.74) is 1.18. The van der Waals surface area contributed by atoms with Crippen molar-refractivity contribution in [2.45, 2.75) is 19.4 Å². The molecule has 1 amide bonds. The zero-order valence-corrected chi connectivity index (χ0v) is 16.4. The lowest BCUT2D eigenvalue weighted by atomic mass is 10.1. The fourth-order valence-corrected chi connectivity index (χ4v) is 3.21. The first-order chi connectivity index (χ1) is 13.4. The molecule has 0 spiro atoms. The number of carbonyl (C=O) groups excluding carboxylic acids is 1. The molecule has 0 aliphatic carbocycles. The highest BCUT2D eigenvalue weighted by molar-refractivity contribution is 5.88. The summed E-state index contributed by atoms with van der Waals surface area (Å²) in [5, 5.41) is 8.48. The number of nitrogens with one attached hydrogen (secondary N) is 1. The number of methoxy groups -OCH3 is 2. The molecule has 7 nitrogen and oxygen atoms in total. The van der Waals surface area contributed by atoms with Crippen molar-refractivity contribution < 1.29 is 14.3 Å². The normalized spacial score (nSPS) is 11.9. The largest absolute Gasteiger partial charge is 0.497 e. The van der Waals surface area contributed by atoms with Gasteiger partial charge in [-0.05, 0) is 31.2 Å². The van der Waals surface area contributed by atoms with Crippen molar-refractivity contribution in [1.82, 2.24) is 15.1 Å². The van der Waals surface area contributed by atoms with E-state index in [4.69, 9.17) is 9.47 Å². The van der Waals surface area contributed by atoms with Gasteiger partial charge in [0.05, 0.1) is 37.8 Å². The maximum atomic E-state index is 12.7. The Balaban J connectivity index is 1.85. The Morgan fingerprint density at radius 3 is 2.54 bits per heavy atom. The van der Waals surface area contributed by atoms with Crippen molar-refractivity contribution in [3.05, 3.63) is 64.1 Å². The molecular formula is C21H23N3O4. The van der Waals surface area contributed by atoms with Gasteiger partial charge in [-0.1, -0.05) is 18.2 Å². The number of ether oxygens (including phenoxy) is 2. The number of carbonyl (C=O) groups is 1. The summed E-state index contributed by atoms with van der Waals surface area (Å²) in [5.74, 6) is 1.15. The monoisotopic (exact) mass is 381 g/mol. The van der Waals surface area contributed by atoms with Crippen molar-refractivity contribution in [1.29, 1.82) is 0 Å². The second-order valence-corrected chi connectivity index (χ2v) is 6.49. The van der Waals surface area contributed by atoms with E-state index in [2.05, 4.69) is 10.4 Å². The molecule has 1 N–H and O–H groups in total. The number of rotatable bonds is 6. The standard InChI is InChI=1S/C21H23N3O4/c1-13(17-11-14(27-3)9-10-19(17)28-4)22-20(25)12-18-15-7-5-6-8-16(15)21(26)24(2)23-18/h5-11,13H,12H2,1-4H3,(H,22,25)/t13-/m0/s1. The van der Waals surface area contributed by atoms with Crippen molar-refractivity contribution in [3.8, 4) is 11.5 Å². The molecule has 2 aromatic carbocycles. The van der Waals surface area contributed by atoms with E-state index in [-0.39, 0.29) is 23.9 Å². The molecule has 3 aromatic rings. The lowest BCUT2D eigenvalue weighted by Crippen LogP contribution is -2.30. The fourth-order valence-electron chi connectivity index (χ4n) is 3.21. The van der Waals surface area contributed by atoms with Crippen molar-refractivity contribution >= 4 is 16.7 Å². The zero-order chi connectivity index (χ0) is 20.3. The molecule has 0 radical (unpaired) electrons. The highest BCUT2D eigenvalue weighted by atomic mass is 16.5. The lowest BCUT2D eigenvalue weighted by Gasteiger charge is -2.18. The second kappa shape index (κ2) is 8.12. The molecule has 0 aliphatic heterocycles. The summed E-state index contributed by atoms with van der Waals surface area (Å²) >= 11 is 0. The number of benzene rings is 2. The van der Waals surface area contributed by atoms with E-state index in [0.29, 0.717) is 28.0 Å². The highest BCUT2D eigenvalue weighted by Gasteiger charge is 2.17. The molecule has 7 heteroatoms. The van der Waals surface area contributed by atoms with Gasteiger partial charge in [0, 0.05) is 18.0 Å². The average molecular weight is 381 g/mol. The average Bonchev–Trinajstić information content (AvgIpc) is 2.71. The van der Waals surface area contributed by atoms with Crippen molar-refractivity contribution in [2.75, 3.05) is 14.2 Å². The van der Waals surface area contributed by atoms with Crippen LogP contribution < -0.4 is 20.3 Å². The maximum absolute atomic E-state index is 12.7. The number of hydrogen-bond acceptors (Lipinski definition) is 5. The molecule has 0 bridgehead atoms. The Hall–Kier alpha value is -3.35. The van der Waals surface area contributed by atoms with Crippen LogP contribution in [0.5, 0.6) is 11.5 Å². The molecule has 0 saturated heterocycles. The zero-order valence-electron chi connectivity index (χ0n) is 16.4. The molecule has 0 fully saturated rings. The third-order valence-corrected chi connectivity index (χ3v) is 4.64. The van der Waals surface area contributed by atoms with Gasteiger partial charge >= 0.3 is 0 Å². The van der Waals surface area contributed by atoms with E-state index >= 15 is 0 Å². The van der Waals surface area contributed by atoms with Crippen LogP contribution >= 0.6 is 0 Å². The number of amides is 1. The van der Waals surface area contributed by atoms with Gasteiger partial charge in [-0.15, -0.1) is 0 Å². The van der Waals surface area contributed by atoms with Gasteiger partial charge in [-0.2, -0.15) is 5.10 Å². The molecule has 0 saturated carbocycles. The molecule has 3 rings (SSSR count). The quantitative estimate of drug-likeness (QED) is 0.709. The minimum absolute atomic E-state index is 0.0608. The summed E-state index contributed by atoms with van der Waals surface area (Å²) in [7, 11) is 4.76. The molecule has 1 heterocycles. The van der Waals surface area contributed by atoms with Crippen LogP contribution in [-0.4, -0.2) is 29.9 Å². The Bertz CT molecular complexity index is 1070. The SMILES string of the molecule is COc1ccc(OC)c([C@H](C)NC(=O)Cc2nn(C)c(=O)c3ccccc23)c1. The molecule has 1 aromatic heterocycles. The number of hydrogen-bond donors (Lipinski definition) is 1. The third kappa shape index (κ3) is 3.83. The second-order valence-electron chi connectivity index (χ2n) is 6.49. The van der Waals surface area contributed by atoms with Gasteiger partial charge < -0.3 is 14.8 Å². The summed E-state index contributed by atoms with van der Waals surface area (Å²) in [6, 6.07) is 12.3. The Morgan fingerprint density at radius 2 is 1.86 bits per heavy atom.